The van der Waals surface area contributed by atoms with E-state index in [4.69, 9.17) is 14.2 Å². The topological polar surface area (TPSA) is 99.1 Å². The number of cyclic esters (lactones) is 1. The Hall–Kier alpha value is -2.41. The Morgan fingerprint density at radius 2 is 1.73 bits per heavy atom. The van der Waals surface area contributed by atoms with E-state index in [1.54, 1.807) is 12.1 Å². The zero-order valence-electron chi connectivity index (χ0n) is 12.2. The van der Waals surface area contributed by atoms with Crippen molar-refractivity contribution in [2.75, 3.05) is 13.2 Å². The van der Waals surface area contributed by atoms with Crippen LogP contribution in [0, 0.1) is 0 Å². The van der Waals surface area contributed by atoms with Gasteiger partial charge in [0.05, 0.1) is 18.8 Å². The zero-order valence-corrected chi connectivity index (χ0v) is 12.2. The second-order valence-corrected chi connectivity index (χ2v) is 4.56. The number of carbonyl (C=O) groups is 3. The maximum absolute atomic E-state index is 12.2. The van der Waals surface area contributed by atoms with Crippen molar-refractivity contribution in [1.29, 1.82) is 0 Å². The normalized spacial score (nSPS) is 18.9. The highest BCUT2D eigenvalue weighted by molar-refractivity contribution is 6.09. The summed E-state index contributed by atoms with van der Waals surface area (Å²) in [6, 6.07) is 6.02. The molecule has 1 unspecified atom stereocenters. The molecule has 1 atom stereocenters. The molecule has 0 spiro atoms. The molecule has 1 aliphatic rings. The maximum atomic E-state index is 12.2. The summed E-state index contributed by atoms with van der Waals surface area (Å²) in [7, 11) is 0. The highest BCUT2D eigenvalue weighted by Gasteiger charge is 2.62. The van der Waals surface area contributed by atoms with E-state index >= 15 is 0 Å². The van der Waals surface area contributed by atoms with Crippen molar-refractivity contribution in [3.8, 4) is 0 Å². The Morgan fingerprint density at radius 3 is 2.27 bits per heavy atom. The molecule has 2 rings (SSSR count). The van der Waals surface area contributed by atoms with Crippen molar-refractivity contribution in [1.82, 2.24) is 0 Å². The third-order valence-corrected chi connectivity index (χ3v) is 3.27. The summed E-state index contributed by atoms with van der Waals surface area (Å²) < 4.78 is 14.6. The van der Waals surface area contributed by atoms with Gasteiger partial charge in [-0.1, -0.05) is 18.2 Å². The van der Waals surface area contributed by atoms with Crippen LogP contribution < -0.4 is 0 Å². The molecule has 0 amide bonds. The largest absolute Gasteiger partial charge is 0.462 e. The van der Waals surface area contributed by atoms with Crippen molar-refractivity contribution in [2.45, 2.75) is 25.6 Å². The van der Waals surface area contributed by atoms with Gasteiger partial charge in [-0.15, -0.1) is 0 Å². The fraction of sp³-hybridized carbons (Fsp3) is 0.400. The Bertz CT molecular complexity index is 590. The van der Waals surface area contributed by atoms with Crippen LogP contribution in [0.2, 0.25) is 0 Å². The summed E-state index contributed by atoms with van der Waals surface area (Å²) in [5, 5.41) is 10.5. The molecule has 0 saturated heterocycles. The number of ether oxygens (including phenoxy) is 3. The average Bonchev–Trinajstić information content (AvgIpc) is 2.51. The maximum Gasteiger partial charge on any atom is 0.365 e. The summed E-state index contributed by atoms with van der Waals surface area (Å²) in [5.74, 6) is -3.23. The van der Waals surface area contributed by atoms with Crippen LogP contribution in [0.4, 0.5) is 0 Å². The molecule has 0 aromatic heterocycles. The van der Waals surface area contributed by atoms with Gasteiger partial charge in [0.1, 0.15) is 6.10 Å². The molecular formula is C15H16O7. The molecule has 1 aromatic rings. The quantitative estimate of drug-likeness (QED) is 0.498. The van der Waals surface area contributed by atoms with Gasteiger partial charge in [-0.3, -0.25) is 0 Å². The predicted octanol–water partition coefficient (Wildman–Crippen LogP) is 0.755. The number of hydrogen-bond acceptors (Lipinski definition) is 7. The molecule has 1 aromatic carbocycles. The van der Waals surface area contributed by atoms with E-state index in [0.717, 1.165) is 0 Å². The first-order chi connectivity index (χ1) is 10.5. The molecule has 1 aliphatic heterocycles. The van der Waals surface area contributed by atoms with Gasteiger partial charge in [-0.25, -0.2) is 14.4 Å². The lowest BCUT2D eigenvalue weighted by atomic mass is 9.85. The van der Waals surface area contributed by atoms with E-state index in [1.807, 2.05) is 0 Å². The fourth-order valence-electron chi connectivity index (χ4n) is 2.26. The summed E-state index contributed by atoms with van der Waals surface area (Å²) in [6.45, 7) is 2.96. The Morgan fingerprint density at radius 1 is 1.18 bits per heavy atom. The average molecular weight is 308 g/mol. The molecule has 22 heavy (non-hydrogen) atoms. The smallest absolute Gasteiger partial charge is 0.365 e. The molecule has 1 N–H and O–H groups in total. The van der Waals surface area contributed by atoms with Gasteiger partial charge in [0, 0.05) is 5.56 Å². The predicted molar refractivity (Wildman–Crippen MR) is 72.8 cm³/mol. The zero-order chi connectivity index (χ0) is 16.3. The number of aliphatic hydroxyl groups is 1. The molecule has 0 aliphatic carbocycles. The first-order valence-corrected chi connectivity index (χ1v) is 6.83. The van der Waals surface area contributed by atoms with E-state index < -0.39 is 29.6 Å². The van der Waals surface area contributed by atoms with Crippen molar-refractivity contribution < 1.29 is 33.7 Å². The fourth-order valence-corrected chi connectivity index (χ4v) is 2.26. The molecule has 7 heteroatoms. The Balaban J connectivity index is 2.57. The van der Waals surface area contributed by atoms with Crippen LogP contribution in [0.5, 0.6) is 0 Å². The molecule has 0 fully saturated rings. The van der Waals surface area contributed by atoms with Gasteiger partial charge in [0.15, 0.2) is 0 Å². The molecule has 7 nitrogen and oxygen atoms in total. The van der Waals surface area contributed by atoms with Crippen LogP contribution in [0.3, 0.4) is 0 Å². The highest BCUT2D eigenvalue weighted by atomic mass is 16.6. The van der Waals surface area contributed by atoms with Crippen molar-refractivity contribution in [2.24, 2.45) is 0 Å². The van der Waals surface area contributed by atoms with E-state index in [2.05, 4.69) is 0 Å². The van der Waals surface area contributed by atoms with Crippen molar-refractivity contribution in [3.05, 3.63) is 35.4 Å². The first-order valence-electron chi connectivity index (χ1n) is 6.83. The number of benzene rings is 1. The first kappa shape index (κ1) is 16.0. The third-order valence-electron chi connectivity index (χ3n) is 3.27. The summed E-state index contributed by atoms with van der Waals surface area (Å²) in [6.07, 6.45) is -1.71. The van der Waals surface area contributed by atoms with Crippen LogP contribution in [0.1, 0.15) is 35.9 Å². The molecule has 0 saturated carbocycles. The van der Waals surface area contributed by atoms with Crippen molar-refractivity contribution in [3.63, 3.8) is 0 Å². The van der Waals surface area contributed by atoms with Gasteiger partial charge in [0.2, 0.25) is 0 Å². The lowest BCUT2D eigenvalue weighted by molar-refractivity contribution is -0.199. The number of esters is 3. The van der Waals surface area contributed by atoms with Crippen LogP contribution in [0.25, 0.3) is 0 Å². The van der Waals surface area contributed by atoms with Gasteiger partial charge >= 0.3 is 23.5 Å². The Labute approximate surface area is 126 Å². The summed E-state index contributed by atoms with van der Waals surface area (Å²) in [5.41, 5.74) is -2.35. The summed E-state index contributed by atoms with van der Waals surface area (Å²) in [4.78, 5) is 36.6. The minimum atomic E-state index is -2.54. The van der Waals surface area contributed by atoms with Crippen LogP contribution in [0.15, 0.2) is 24.3 Å². The SMILES string of the molecule is CCOC(=O)C1(C(=O)OCC)OC(=O)c2ccccc2C1O. The molecular weight excluding hydrogens is 292 g/mol. The second kappa shape index (κ2) is 6.15. The van der Waals surface area contributed by atoms with Crippen molar-refractivity contribution >= 4 is 17.9 Å². The number of carbonyl (C=O) groups excluding carboxylic acids is 3. The van der Waals surface area contributed by atoms with Gasteiger partial charge in [0.25, 0.3) is 0 Å². The molecule has 118 valence electrons. The summed E-state index contributed by atoms with van der Waals surface area (Å²) >= 11 is 0. The lowest BCUT2D eigenvalue weighted by Gasteiger charge is -2.36. The van der Waals surface area contributed by atoms with Gasteiger partial charge < -0.3 is 19.3 Å². The van der Waals surface area contributed by atoms with Gasteiger partial charge in [-0.05, 0) is 19.9 Å². The van der Waals surface area contributed by atoms with E-state index in [9.17, 15) is 19.5 Å². The van der Waals surface area contributed by atoms with E-state index in [1.165, 1.54) is 26.0 Å². The third kappa shape index (κ3) is 2.33. The van der Waals surface area contributed by atoms with Crippen LogP contribution >= 0.6 is 0 Å². The van der Waals surface area contributed by atoms with Crippen LogP contribution in [-0.2, 0) is 23.8 Å². The number of hydrogen-bond donors (Lipinski definition) is 1. The molecule has 1 heterocycles. The monoisotopic (exact) mass is 308 g/mol. The minimum absolute atomic E-state index is 0.0497. The lowest BCUT2D eigenvalue weighted by Crippen LogP contribution is -2.58. The number of aliphatic hydroxyl groups excluding tert-OH is 1. The number of fused-ring (bicyclic) bond motifs is 1. The molecule has 0 bridgehead atoms. The standard InChI is InChI=1S/C15H16O7/c1-3-20-13(18)15(14(19)21-4-2)11(16)9-7-5-6-8-10(9)12(17)22-15/h5-8,11,16H,3-4H2,1-2H3. The van der Waals surface area contributed by atoms with E-state index in [0.29, 0.717) is 0 Å². The number of rotatable bonds is 4. The minimum Gasteiger partial charge on any atom is -0.462 e. The second-order valence-electron chi connectivity index (χ2n) is 4.56. The Kier molecular flexibility index (Phi) is 4.46. The highest BCUT2D eigenvalue weighted by Crippen LogP contribution is 2.39. The molecule has 0 radical (unpaired) electrons. The van der Waals surface area contributed by atoms with E-state index in [-0.39, 0.29) is 24.3 Å². The van der Waals surface area contributed by atoms with Crippen LogP contribution in [-0.4, -0.2) is 41.8 Å². The van der Waals surface area contributed by atoms with Gasteiger partial charge in [-0.2, -0.15) is 0 Å².